The molecular weight excluding hydrogens is 454 g/mol. The van der Waals surface area contributed by atoms with Gasteiger partial charge in [0.1, 0.15) is 12.4 Å². The van der Waals surface area contributed by atoms with Gasteiger partial charge >= 0.3 is 0 Å². The number of rotatable bonds is 15. The van der Waals surface area contributed by atoms with Crippen molar-refractivity contribution in [3.63, 3.8) is 0 Å². The molecule has 12 heteroatoms. The van der Waals surface area contributed by atoms with Crippen LogP contribution in [0.2, 0.25) is 0 Å². The van der Waals surface area contributed by atoms with E-state index in [9.17, 15) is 0 Å². The maximum absolute atomic E-state index is 6.02. The van der Waals surface area contributed by atoms with Crippen LogP contribution in [0.4, 0.5) is 11.9 Å². The minimum Gasteiger partial charge on any atom is -0.491 e. The quantitative estimate of drug-likeness (QED) is 0.240. The molecule has 0 saturated carbocycles. The summed E-state index contributed by atoms with van der Waals surface area (Å²) < 4.78 is 28.1. The number of nitrogens with one attached hydrogen (secondary N) is 1. The van der Waals surface area contributed by atoms with Crippen LogP contribution in [0.15, 0.2) is 47.1 Å². The Balaban J connectivity index is 1.18. The van der Waals surface area contributed by atoms with Crippen molar-refractivity contribution >= 4 is 17.7 Å². The van der Waals surface area contributed by atoms with Crippen LogP contribution < -0.4 is 15.8 Å². The highest BCUT2D eigenvalue weighted by atomic mass is 16.6. The Bertz CT molecular complexity index is 1170. The molecule has 4 rings (SSSR count). The zero-order valence-corrected chi connectivity index (χ0v) is 19.6. The normalized spacial score (nSPS) is 11.2. The van der Waals surface area contributed by atoms with Crippen molar-refractivity contribution in [2.45, 2.75) is 6.42 Å². The first-order valence-corrected chi connectivity index (χ1v) is 11.3. The largest absolute Gasteiger partial charge is 0.491 e. The van der Waals surface area contributed by atoms with Crippen molar-refractivity contribution in [3.05, 3.63) is 48.2 Å². The molecule has 0 unspecified atom stereocenters. The molecule has 35 heavy (non-hydrogen) atoms. The van der Waals surface area contributed by atoms with Gasteiger partial charge in [-0.05, 0) is 36.2 Å². The zero-order valence-electron chi connectivity index (χ0n) is 19.6. The maximum Gasteiger partial charge on any atom is 0.259 e. The van der Waals surface area contributed by atoms with Gasteiger partial charge in [0.15, 0.2) is 5.76 Å². The topological polar surface area (TPSA) is 144 Å². The van der Waals surface area contributed by atoms with Crippen LogP contribution >= 0.6 is 0 Å². The Morgan fingerprint density at radius 1 is 0.943 bits per heavy atom. The lowest BCUT2D eigenvalue weighted by atomic mass is 10.1. The number of anilines is 2. The van der Waals surface area contributed by atoms with Gasteiger partial charge in [-0.25, -0.2) is 0 Å². The van der Waals surface area contributed by atoms with Gasteiger partial charge in [0.05, 0.1) is 39.3 Å². The van der Waals surface area contributed by atoms with E-state index in [1.807, 2.05) is 24.3 Å². The molecule has 0 aliphatic rings. The number of hydrogen-bond acceptors (Lipinski definition) is 11. The second kappa shape index (κ2) is 12.6. The Hall–Kier alpha value is -3.74. The standard InChI is InChI=1S/C23H29N7O5/c1-31-11-12-32-13-14-33-15-16-34-18-6-4-17(5-7-18)8-9-25-22-27-21(24)30-23(28-22)26-20(29-30)19-3-2-10-35-19/h2-7,10H,8-9,11-16H2,1H3,(H3,24,25,26,27,28,29). The fraction of sp³-hybridized carbons (Fsp3) is 0.391. The molecule has 3 aromatic heterocycles. The minimum absolute atomic E-state index is 0.187. The predicted molar refractivity (Wildman–Crippen MR) is 128 cm³/mol. The number of furan rings is 1. The van der Waals surface area contributed by atoms with Gasteiger partial charge in [-0.1, -0.05) is 12.1 Å². The first kappa shape index (κ1) is 24.4. The fourth-order valence-corrected chi connectivity index (χ4v) is 3.15. The zero-order chi connectivity index (χ0) is 24.3. The van der Waals surface area contributed by atoms with Gasteiger partial charge in [-0.2, -0.15) is 19.5 Å². The molecule has 0 amide bonds. The van der Waals surface area contributed by atoms with Crippen LogP contribution in [-0.4, -0.2) is 77.9 Å². The van der Waals surface area contributed by atoms with Crippen molar-refractivity contribution in [1.29, 1.82) is 0 Å². The van der Waals surface area contributed by atoms with Gasteiger partial charge in [-0.3, -0.25) is 0 Å². The smallest absolute Gasteiger partial charge is 0.259 e. The summed E-state index contributed by atoms with van der Waals surface area (Å²) in [6, 6.07) is 11.5. The number of ether oxygens (including phenoxy) is 4. The van der Waals surface area contributed by atoms with Crippen molar-refractivity contribution in [1.82, 2.24) is 24.6 Å². The highest BCUT2D eigenvalue weighted by Crippen LogP contribution is 2.18. The molecule has 0 atom stereocenters. The lowest BCUT2D eigenvalue weighted by Crippen LogP contribution is -2.12. The van der Waals surface area contributed by atoms with Crippen molar-refractivity contribution < 1.29 is 23.4 Å². The van der Waals surface area contributed by atoms with E-state index in [2.05, 4.69) is 25.4 Å². The monoisotopic (exact) mass is 483 g/mol. The molecule has 12 nitrogen and oxygen atoms in total. The molecular formula is C23H29N7O5. The second-order valence-corrected chi connectivity index (χ2v) is 7.42. The van der Waals surface area contributed by atoms with Gasteiger partial charge < -0.3 is 34.4 Å². The third kappa shape index (κ3) is 7.12. The summed E-state index contributed by atoms with van der Waals surface area (Å²) in [5, 5.41) is 7.47. The molecule has 0 saturated heterocycles. The molecule has 3 N–H and O–H groups in total. The highest BCUT2D eigenvalue weighted by Gasteiger charge is 2.13. The van der Waals surface area contributed by atoms with E-state index >= 15 is 0 Å². The summed E-state index contributed by atoms with van der Waals surface area (Å²) in [4.78, 5) is 13.0. The molecule has 0 spiro atoms. The molecule has 0 radical (unpaired) electrons. The number of fused-ring (bicyclic) bond motifs is 1. The van der Waals surface area contributed by atoms with E-state index in [-0.39, 0.29) is 5.95 Å². The van der Waals surface area contributed by atoms with Gasteiger partial charge in [0.25, 0.3) is 5.78 Å². The van der Waals surface area contributed by atoms with Crippen LogP contribution in [0.5, 0.6) is 5.75 Å². The maximum atomic E-state index is 6.02. The number of hydrogen-bond donors (Lipinski definition) is 2. The molecule has 186 valence electrons. The van der Waals surface area contributed by atoms with E-state index in [0.717, 1.165) is 17.7 Å². The summed E-state index contributed by atoms with van der Waals surface area (Å²) in [7, 11) is 1.65. The third-order valence-corrected chi connectivity index (χ3v) is 4.90. The van der Waals surface area contributed by atoms with E-state index in [0.29, 0.717) is 69.5 Å². The van der Waals surface area contributed by atoms with Crippen LogP contribution in [-0.2, 0) is 20.6 Å². The van der Waals surface area contributed by atoms with Crippen LogP contribution in [0.3, 0.4) is 0 Å². The number of nitrogens with two attached hydrogens (primary N) is 1. The number of benzene rings is 1. The van der Waals surface area contributed by atoms with E-state index in [1.54, 1.807) is 25.5 Å². The van der Waals surface area contributed by atoms with Gasteiger partial charge in [0.2, 0.25) is 17.7 Å². The van der Waals surface area contributed by atoms with Crippen molar-refractivity contribution in [2.24, 2.45) is 0 Å². The average Bonchev–Trinajstić information content (AvgIpc) is 3.54. The summed E-state index contributed by atoms with van der Waals surface area (Å²) in [5.74, 6) is 2.64. The molecule has 0 bridgehead atoms. The summed E-state index contributed by atoms with van der Waals surface area (Å²) in [6.07, 6.45) is 2.32. The lowest BCUT2D eigenvalue weighted by molar-refractivity contribution is 0.0180. The van der Waals surface area contributed by atoms with Gasteiger partial charge in [0, 0.05) is 13.7 Å². The van der Waals surface area contributed by atoms with Crippen LogP contribution in [0, 0.1) is 0 Å². The molecule has 0 fully saturated rings. The molecule has 0 aliphatic heterocycles. The highest BCUT2D eigenvalue weighted by molar-refractivity contribution is 5.52. The summed E-state index contributed by atoms with van der Waals surface area (Å²) in [6.45, 7) is 3.84. The Morgan fingerprint density at radius 3 is 2.46 bits per heavy atom. The number of methoxy groups -OCH3 is 1. The number of nitrogen functional groups attached to an aromatic ring is 1. The number of aromatic nitrogens is 5. The minimum atomic E-state index is 0.187. The molecule has 0 aliphatic carbocycles. The van der Waals surface area contributed by atoms with E-state index in [1.165, 1.54) is 4.52 Å². The van der Waals surface area contributed by atoms with Crippen molar-refractivity contribution in [3.8, 4) is 17.3 Å². The Labute approximate surface area is 202 Å². The lowest BCUT2D eigenvalue weighted by Gasteiger charge is -2.09. The fourth-order valence-electron chi connectivity index (χ4n) is 3.15. The van der Waals surface area contributed by atoms with Crippen molar-refractivity contribution in [2.75, 3.05) is 64.3 Å². The summed E-state index contributed by atoms with van der Waals surface area (Å²) >= 11 is 0. The third-order valence-electron chi connectivity index (χ3n) is 4.90. The predicted octanol–water partition coefficient (Wildman–Crippen LogP) is 2.07. The summed E-state index contributed by atoms with van der Waals surface area (Å²) in [5.41, 5.74) is 7.16. The molecule has 4 aromatic rings. The Morgan fingerprint density at radius 2 is 1.71 bits per heavy atom. The van der Waals surface area contributed by atoms with E-state index < -0.39 is 0 Å². The van der Waals surface area contributed by atoms with E-state index in [4.69, 9.17) is 29.1 Å². The second-order valence-electron chi connectivity index (χ2n) is 7.42. The van der Waals surface area contributed by atoms with Crippen LogP contribution in [0.1, 0.15) is 5.56 Å². The SMILES string of the molecule is COCCOCCOCCOc1ccc(CCNc2nc(N)n3nc(-c4ccco4)nc3n2)cc1. The Kier molecular flexibility index (Phi) is 8.81. The van der Waals surface area contributed by atoms with Crippen LogP contribution in [0.25, 0.3) is 17.4 Å². The molecule has 3 heterocycles. The first-order chi connectivity index (χ1) is 17.2. The average molecular weight is 484 g/mol. The molecule has 1 aromatic carbocycles. The van der Waals surface area contributed by atoms with Gasteiger partial charge in [-0.15, -0.1) is 5.10 Å². The number of nitrogens with zero attached hydrogens (tertiary/aromatic N) is 5. The first-order valence-electron chi connectivity index (χ1n) is 11.3.